The van der Waals surface area contributed by atoms with Crippen LogP contribution in [0, 0.1) is 24.0 Å². The highest BCUT2D eigenvalue weighted by atomic mass is 32.2. The Bertz CT molecular complexity index is 1350. The number of carbonyl (C=O) groups is 1. The van der Waals surface area contributed by atoms with E-state index in [1.54, 1.807) is 19.9 Å². The highest BCUT2D eigenvalue weighted by molar-refractivity contribution is 7.87. The molecule has 10 nitrogen and oxygen atoms in total. The fourth-order valence-electron chi connectivity index (χ4n) is 2.96. The number of aryl methyl sites for hydroxylation is 2. The number of nitrogens with zero attached hydrogens (tertiary/aromatic N) is 1. The van der Waals surface area contributed by atoms with Crippen molar-refractivity contribution in [1.29, 1.82) is 0 Å². The van der Waals surface area contributed by atoms with Crippen LogP contribution in [-0.4, -0.2) is 24.2 Å². The number of benzene rings is 2. The van der Waals surface area contributed by atoms with E-state index in [9.17, 15) is 28.1 Å². The van der Waals surface area contributed by atoms with E-state index in [0.29, 0.717) is 5.56 Å². The lowest BCUT2D eigenvalue weighted by molar-refractivity contribution is -0.385. The lowest BCUT2D eigenvalue weighted by atomic mass is 10.1. The number of aromatic nitrogens is 1. The van der Waals surface area contributed by atoms with Crippen molar-refractivity contribution >= 4 is 21.7 Å². The molecule has 1 aromatic heterocycles. The van der Waals surface area contributed by atoms with Crippen LogP contribution in [0.3, 0.4) is 0 Å². The van der Waals surface area contributed by atoms with Crippen molar-refractivity contribution < 1.29 is 22.3 Å². The van der Waals surface area contributed by atoms with E-state index in [0.717, 1.165) is 17.3 Å². The van der Waals surface area contributed by atoms with Gasteiger partial charge in [0.15, 0.2) is 0 Å². The van der Waals surface area contributed by atoms with Crippen LogP contribution in [0.1, 0.15) is 27.2 Å². The molecule has 0 unspecified atom stereocenters. The van der Waals surface area contributed by atoms with Crippen molar-refractivity contribution in [3.05, 3.63) is 97.4 Å². The molecule has 0 saturated carbocycles. The fraction of sp³-hybridized carbons (Fsp3) is 0.143. The number of amides is 1. The molecule has 1 amide bonds. The van der Waals surface area contributed by atoms with E-state index < -0.39 is 20.9 Å². The number of carbonyl (C=O) groups excluding carboxylic acids is 1. The van der Waals surface area contributed by atoms with Gasteiger partial charge >= 0.3 is 10.1 Å². The molecule has 2 aromatic carbocycles. The fourth-order valence-corrected chi connectivity index (χ4v) is 3.93. The van der Waals surface area contributed by atoms with Crippen molar-refractivity contribution in [2.75, 3.05) is 0 Å². The topological polar surface area (TPSA) is 148 Å². The van der Waals surface area contributed by atoms with Crippen LogP contribution in [0.15, 0.2) is 64.3 Å². The van der Waals surface area contributed by atoms with Gasteiger partial charge < -0.3 is 14.5 Å². The van der Waals surface area contributed by atoms with Crippen molar-refractivity contribution in [2.45, 2.75) is 25.3 Å². The van der Waals surface area contributed by atoms with Gasteiger partial charge in [-0.15, -0.1) is 0 Å². The van der Waals surface area contributed by atoms with Gasteiger partial charge in [-0.3, -0.25) is 19.7 Å². The molecule has 0 spiro atoms. The molecule has 0 aliphatic heterocycles. The second kappa shape index (κ2) is 9.02. The molecule has 0 radical (unpaired) electrons. The zero-order chi connectivity index (χ0) is 23.5. The SMILES string of the molecule is Cc1cc(C)c(CNC(=O)c2ccc(OS(=O)(=O)c3cccc([N+](=O)[O-])c3)cc2)c(=O)[nH]1. The minimum Gasteiger partial charge on any atom is -0.379 e. The van der Waals surface area contributed by atoms with Crippen molar-refractivity contribution in [2.24, 2.45) is 0 Å². The number of non-ortho nitro benzene ring substituents is 1. The van der Waals surface area contributed by atoms with Crippen molar-refractivity contribution in [1.82, 2.24) is 10.3 Å². The monoisotopic (exact) mass is 457 g/mol. The molecule has 2 N–H and O–H groups in total. The number of pyridine rings is 1. The lowest BCUT2D eigenvalue weighted by Gasteiger charge is -2.09. The lowest BCUT2D eigenvalue weighted by Crippen LogP contribution is -2.27. The van der Waals surface area contributed by atoms with E-state index >= 15 is 0 Å². The van der Waals surface area contributed by atoms with Crippen LogP contribution < -0.4 is 15.1 Å². The van der Waals surface area contributed by atoms with Gasteiger partial charge in [-0.25, -0.2) is 0 Å². The van der Waals surface area contributed by atoms with Gasteiger partial charge in [0.2, 0.25) is 0 Å². The molecular weight excluding hydrogens is 438 g/mol. The molecule has 0 aliphatic rings. The Balaban J connectivity index is 1.69. The van der Waals surface area contributed by atoms with Crippen LogP contribution in [0.2, 0.25) is 0 Å². The summed E-state index contributed by atoms with van der Waals surface area (Å²) in [6.07, 6.45) is 0. The van der Waals surface area contributed by atoms with E-state index in [1.165, 1.54) is 42.5 Å². The molecule has 0 saturated heterocycles. The number of rotatable bonds is 7. The number of nitrogens with one attached hydrogen (secondary N) is 2. The summed E-state index contributed by atoms with van der Waals surface area (Å²) in [7, 11) is -4.30. The summed E-state index contributed by atoms with van der Waals surface area (Å²) in [5.41, 5.74) is 1.47. The Hall–Kier alpha value is -3.99. The second-order valence-electron chi connectivity index (χ2n) is 6.94. The average Bonchev–Trinajstić information content (AvgIpc) is 2.73. The van der Waals surface area contributed by atoms with Gasteiger partial charge in [-0.1, -0.05) is 6.07 Å². The van der Waals surface area contributed by atoms with Gasteiger partial charge in [0.25, 0.3) is 17.2 Å². The molecule has 166 valence electrons. The third kappa shape index (κ3) is 5.19. The van der Waals surface area contributed by atoms with Crippen molar-refractivity contribution in [3.63, 3.8) is 0 Å². The summed E-state index contributed by atoms with van der Waals surface area (Å²) in [4.78, 5) is 36.9. The van der Waals surface area contributed by atoms with Gasteiger partial charge in [0, 0.05) is 35.5 Å². The molecule has 0 fully saturated rings. The zero-order valence-corrected chi connectivity index (χ0v) is 17.9. The standard InChI is InChI=1S/C21H19N3O7S/c1-13-10-14(2)23-21(26)19(13)12-22-20(25)15-6-8-17(9-7-15)31-32(29,30)18-5-3-4-16(11-18)24(27)28/h3-11H,12H2,1-2H3,(H,22,25)(H,23,26). The zero-order valence-electron chi connectivity index (χ0n) is 17.1. The first-order chi connectivity index (χ1) is 15.1. The number of H-pyrrole nitrogens is 1. The maximum Gasteiger partial charge on any atom is 0.339 e. The number of hydrogen-bond acceptors (Lipinski definition) is 7. The number of hydrogen-bond donors (Lipinski definition) is 2. The number of nitro benzene ring substituents is 1. The summed E-state index contributed by atoms with van der Waals surface area (Å²) in [6.45, 7) is 3.57. The first-order valence-electron chi connectivity index (χ1n) is 9.33. The normalized spacial score (nSPS) is 11.1. The number of aromatic amines is 1. The van der Waals surface area contributed by atoms with E-state index in [4.69, 9.17) is 4.18 Å². The van der Waals surface area contributed by atoms with Gasteiger partial charge in [-0.05, 0) is 55.8 Å². The third-order valence-electron chi connectivity index (χ3n) is 4.56. The quantitative estimate of drug-likeness (QED) is 0.315. The molecule has 0 bridgehead atoms. The Kier molecular flexibility index (Phi) is 6.40. The highest BCUT2D eigenvalue weighted by Gasteiger charge is 2.20. The smallest absolute Gasteiger partial charge is 0.339 e. The maximum atomic E-state index is 12.4. The highest BCUT2D eigenvalue weighted by Crippen LogP contribution is 2.22. The Labute approximate surface area is 183 Å². The molecule has 32 heavy (non-hydrogen) atoms. The van der Waals surface area contributed by atoms with Crippen LogP contribution in [0.25, 0.3) is 0 Å². The summed E-state index contributed by atoms with van der Waals surface area (Å²) >= 11 is 0. The second-order valence-corrected chi connectivity index (χ2v) is 8.49. The minimum absolute atomic E-state index is 0.0275. The molecule has 11 heteroatoms. The summed E-state index contributed by atoms with van der Waals surface area (Å²) in [5.74, 6) is -0.531. The van der Waals surface area contributed by atoms with Crippen LogP contribution in [-0.2, 0) is 16.7 Å². The van der Waals surface area contributed by atoms with Crippen LogP contribution in [0.5, 0.6) is 5.75 Å². The van der Waals surface area contributed by atoms with Gasteiger partial charge in [-0.2, -0.15) is 8.42 Å². The summed E-state index contributed by atoms with van der Waals surface area (Å²) in [6, 6.07) is 11.6. The average molecular weight is 457 g/mol. The Morgan fingerprint density at radius 3 is 2.44 bits per heavy atom. The molecule has 3 aromatic rings. The molecule has 1 heterocycles. The summed E-state index contributed by atoms with van der Waals surface area (Å²) < 4.78 is 29.8. The van der Waals surface area contributed by atoms with Gasteiger partial charge in [0.05, 0.1) is 4.92 Å². The molecule has 0 atom stereocenters. The maximum absolute atomic E-state index is 12.4. The minimum atomic E-state index is -4.30. The first-order valence-corrected chi connectivity index (χ1v) is 10.7. The Morgan fingerprint density at radius 2 is 1.81 bits per heavy atom. The first kappa shape index (κ1) is 22.7. The van der Waals surface area contributed by atoms with E-state index in [-0.39, 0.29) is 34.0 Å². The molecule has 0 aliphatic carbocycles. The van der Waals surface area contributed by atoms with Gasteiger partial charge in [0.1, 0.15) is 10.6 Å². The molecular formula is C21H19N3O7S. The van der Waals surface area contributed by atoms with E-state index in [2.05, 4.69) is 10.3 Å². The number of nitro groups is 1. The molecule has 3 rings (SSSR count). The van der Waals surface area contributed by atoms with Crippen LogP contribution in [0.4, 0.5) is 5.69 Å². The van der Waals surface area contributed by atoms with E-state index in [1.807, 2.05) is 0 Å². The summed E-state index contributed by atoms with van der Waals surface area (Å²) in [5, 5.41) is 13.5. The Morgan fingerprint density at radius 1 is 1.12 bits per heavy atom. The third-order valence-corrected chi connectivity index (χ3v) is 5.80. The largest absolute Gasteiger partial charge is 0.379 e. The predicted octanol–water partition coefficient (Wildman–Crippen LogP) is 2.60. The predicted molar refractivity (Wildman–Crippen MR) is 115 cm³/mol. The van der Waals surface area contributed by atoms with Crippen molar-refractivity contribution in [3.8, 4) is 5.75 Å². The van der Waals surface area contributed by atoms with Crippen LogP contribution >= 0.6 is 0 Å².